The van der Waals surface area contributed by atoms with Gasteiger partial charge in [0.1, 0.15) is 0 Å². The lowest BCUT2D eigenvalue weighted by Crippen LogP contribution is -2.45. The molecule has 0 saturated carbocycles. The maximum atomic E-state index is 12.9. The largest absolute Gasteiger partial charge is 0.318 e. The Balaban J connectivity index is 1.42. The van der Waals surface area contributed by atoms with Crippen molar-refractivity contribution in [2.24, 2.45) is 7.05 Å². The molecule has 0 atom stereocenters. The highest BCUT2D eigenvalue weighted by Crippen LogP contribution is 2.28. The second kappa shape index (κ2) is 8.19. The zero-order valence-corrected chi connectivity index (χ0v) is 19.0. The van der Waals surface area contributed by atoms with E-state index in [1.807, 2.05) is 0 Å². The number of nitrogens with zero attached hydrogens (tertiary/aromatic N) is 4. The molecule has 0 unspecified atom stereocenters. The first-order valence-electron chi connectivity index (χ1n) is 10.9. The topological polar surface area (TPSA) is 60.1 Å². The summed E-state index contributed by atoms with van der Waals surface area (Å²) in [5.74, 6) is 0. The van der Waals surface area contributed by atoms with E-state index in [-0.39, 0.29) is 6.04 Å². The van der Waals surface area contributed by atoms with Crippen LogP contribution >= 0.6 is 11.6 Å². The predicted octanol–water partition coefficient (Wildman–Crippen LogP) is 4.05. The Morgan fingerprint density at radius 3 is 2.53 bits per heavy atom. The van der Waals surface area contributed by atoms with Gasteiger partial charge in [0.15, 0.2) is 5.65 Å². The minimum Gasteiger partial charge on any atom is -0.304 e. The summed E-state index contributed by atoms with van der Waals surface area (Å²) in [6, 6.07) is 14.6. The van der Waals surface area contributed by atoms with Crippen LogP contribution in [0.1, 0.15) is 30.0 Å². The average Bonchev–Trinajstić information content (AvgIpc) is 2.80. The third kappa shape index (κ3) is 3.53. The van der Waals surface area contributed by atoms with Crippen molar-refractivity contribution in [2.45, 2.75) is 32.4 Å². The van der Waals surface area contributed by atoms with Gasteiger partial charge in [-0.15, -0.1) is 0 Å². The maximum absolute atomic E-state index is 12.9. The first kappa shape index (κ1) is 20.9. The highest BCUT2D eigenvalue weighted by Gasteiger charge is 2.25. The highest BCUT2D eigenvalue weighted by atomic mass is 35.5. The van der Waals surface area contributed by atoms with Crippen molar-refractivity contribution < 1.29 is 0 Å². The summed E-state index contributed by atoms with van der Waals surface area (Å²) in [7, 11) is 1.59. The van der Waals surface area contributed by atoms with Crippen molar-refractivity contribution in [3.63, 3.8) is 0 Å². The van der Waals surface area contributed by atoms with E-state index in [0.717, 1.165) is 32.5 Å². The van der Waals surface area contributed by atoms with E-state index in [4.69, 9.17) is 11.6 Å². The minimum atomic E-state index is -0.546. The smallest absolute Gasteiger partial charge is 0.304 e. The van der Waals surface area contributed by atoms with Crippen LogP contribution in [0.15, 0.2) is 58.3 Å². The number of benzene rings is 2. The molecular formula is C25H25ClN4O2. The second-order valence-electron chi connectivity index (χ2n) is 8.63. The minimum absolute atomic E-state index is 0.0569. The fourth-order valence-electron chi connectivity index (χ4n) is 4.89. The Hall–Kier alpha value is -2.96. The zero-order valence-electron chi connectivity index (χ0n) is 18.2. The highest BCUT2D eigenvalue weighted by molar-refractivity contribution is 6.31. The monoisotopic (exact) mass is 448 g/mol. The Morgan fingerprint density at radius 2 is 1.75 bits per heavy atom. The van der Waals surface area contributed by atoms with Gasteiger partial charge in [0.25, 0.3) is 0 Å². The summed E-state index contributed by atoms with van der Waals surface area (Å²) in [6.45, 7) is 4.71. The van der Waals surface area contributed by atoms with Crippen LogP contribution in [-0.4, -0.2) is 32.1 Å². The van der Waals surface area contributed by atoms with Crippen LogP contribution in [0.2, 0.25) is 5.02 Å². The maximum Gasteiger partial charge on any atom is 0.318 e. The summed E-state index contributed by atoms with van der Waals surface area (Å²) < 4.78 is 2.93. The molecule has 32 heavy (non-hydrogen) atoms. The van der Waals surface area contributed by atoms with Gasteiger partial charge < -0.3 is 4.57 Å². The predicted molar refractivity (Wildman–Crippen MR) is 128 cm³/mol. The molecule has 2 aromatic carbocycles. The van der Waals surface area contributed by atoms with Crippen molar-refractivity contribution >= 4 is 33.5 Å². The van der Waals surface area contributed by atoms with Crippen molar-refractivity contribution in [1.82, 2.24) is 19.0 Å². The number of aromatic nitrogens is 3. The van der Waals surface area contributed by atoms with Gasteiger partial charge in [-0.2, -0.15) is 0 Å². The van der Waals surface area contributed by atoms with E-state index < -0.39 is 11.1 Å². The number of pyridine rings is 1. The molecule has 0 amide bonds. The van der Waals surface area contributed by atoms with Crippen molar-refractivity contribution in [2.75, 3.05) is 13.1 Å². The van der Waals surface area contributed by atoms with Crippen LogP contribution in [0.5, 0.6) is 0 Å². The van der Waals surface area contributed by atoms with E-state index in [1.54, 1.807) is 17.7 Å². The Kier molecular flexibility index (Phi) is 5.35. The van der Waals surface area contributed by atoms with Crippen LogP contribution in [0, 0.1) is 6.92 Å². The third-order valence-corrected chi connectivity index (χ3v) is 6.86. The van der Waals surface area contributed by atoms with Crippen LogP contribution < -0.4 is 11.1 Å². The number of rotatable bonds is 3. The van der Waals surface area contributed by atoms with Crippen LogP contribution in [-0.2, 0) is 13.6 Å². The van der Waals surface area contributed by atoms with E-state index in [2.05, 4.69) is 53.2 Å². The second-order valence-corrected chi connectivity index (χ2v) is 9.07. The number of halogens is 1. The molecule has 7 heteroatoms. The van der Waals surface area contributed by atoms with Gasteiger partial charge >= 0.3 is 11.1 Å². The Bertz CT molecular complexity index is 1450. The lowest BCUT2D eigenvalue weighted by molar-refractivity contribution is 0.180. The number of hydrogen-bond acceptors (Lipinski definition) is 4. The molecule has 1 saturated heterocycles. The first-order valence-corrected chi connectivity index (χ1v) is 11.3. The molecule has 5 rings (SSSR count). The van der Waals surface area contributed by atoms with Crippen LogP contribution in [0.4, 0.5) is 0 Å². The SMILES string of the molecule is Cc1cccc2c(CN3CCC(n4c(=O)c(=O)n(C)c5cc(Cl)cnc54)CC3)cccc12. The molecule has 6 nitrogen and oxygen atoms in total. The Morgan fingerprint density at radius 1 is 1.03 bits per heavy atom. The number of piperidine rings is 1. The average molecular weight is 449 g/mol. The Labute approximate surface area is 190 Å². The third-order valence-electron chi connectivity index (χ3n) is 6.66. The molecule has 3 heterocycles. The molecule has 0 radical (unpaired) electrons. The molecular weight excluding hydrogens is 424 g/mol. The van der Waals surface area contributed by atoms with Gasteiger partial charge in [-0.3, -0.25) is 19.1 Å². The summed E-state index contributed by atoms with van der Waals surface area (Å²) in [4.78, 5) is 32.3. The van der Waals surface area contributed by atoms with Gasteiger partial charge in [-0.05, 0) is 47.7 Å². The molecule has 0 N–H and O–H groups in total. The summed E-state index contributed by atoms with van der Waals surface area (Å²) in [5.41, 5.74) is 2.64. The van der Waals surface area contributed by atoms with E-state index in [0.29, 0.717) is 16.2 Å². The molecule has 1 fully saturated rings. The normalized spacial score (nSPS) is 15.6. The number of fused-ring (bicyclic) bond motifs is 2. The summed E-state index contributed by atoms with van der Waals surface area (Å²) in [5, 5.41) is 3.03. The fourth-order valence-corrected chi connectivity index (χ4v) is 5.04. The number of aryl methyl sites for hydroxylation is 2. The van der Waals surface area contributed by atoms with Crippen molar-refractivity contribution in [3.05, 3.63) is 85.5 Å². The fraction of sp³-hybridized carbons (Fsp3) is 0.320. The van der Waals surface area contributed by atoms with Crippen LogP contribution in [0.25, 0.3) is 21.9 Å². The first-order chi connectivity index (χ1) is 15.4. The van der Waals surface area contributed by atoms with Crippen molar-refractivity contribution in [1.29, 1.82) is 0 Å². The molecule has 0 aliphatic carbocycles. The van der Waals surface area contributed by atoms with Gasteiger partial charge in [0, 0.05) is 38.9 Å². The van der Waals surface area contributed by atoms with Gasteiger partial charge in [-0.25, -0.2) is 4.98 Å². The summed E-state index contributed by atoms with van der Waals surface area (Å²) in [6.07, 6.45) is 3.11. The number of likely N-dealkylation sites (tertiary alicyclic amines) is 1. The quantitative estimate of drug-likeness (QED) is 0.444. The molecule has 1 aliphatic rings. The van der Waals surface area contributed by atoms with Crippen molar-refractivity contribution in [3.8, 4) is 0 Å². The molecule has 1 aliphatic heterocycles. The molecule has 164 valence electrons. The molecule has 4 aromatic rings. The van der Waals surface area contributed by atoms with Crippen LogP contribution in [0.3, 0.4) is 0 Å². The lowest BCUT2D eigenvalue weighted by atomic mass is 9.99. The van der Waals surface area contributed by atoms with Gasteiger partial charge in [0.05, 0.1) is 10.5 Å². The van der Waals surface area contributed by atoms with E-state index in [1.165, 1.54) is 32.7 Å². The molecule has 0 bridgehead atoms. The lowest BCUT2D eigenvalue weighted by Gasteiger charge is -2.33. The standard InChI is InChI=1S/C25H25ClN4O2/c1-16-5-3-8-21-17(6-4-7-20(16)21)15-29-11-9-19(10-12-29)30-23-22(13-18(26)14-27-23)28(2)24(31)25(30)32/h3-8,13-14,19H,9-12,15H2,1-2H3. The molecule has 0 spiro atoms. The summed E-state index contributed by atoms with van der Waals surface area (Å²) >= 11 is 6.10. The van der Waals surface area contributed by atoms with E-state index >= 15 is 0 Å². The zero-order chi connectivity index (χ0) is 22.4. The van der Waals surface area contributed by atoms with Gasteiger partial charge in [-0.1, -0.05) is 48.0 Å². The number of hydrogen-bond donors (Lipinski definition) is 0. The van der Waals surface area contributed by atoms with E-state index in [9.17, 15) is 9.59 Å². The molecule has 2 aromatic heterocycles. The van der Waals surface area contributed by atoms with Gasteiger partial charge in [0.2, 0.25) is 0 Å².